The van der Waals surface area contributed by atoms with Gasteiger partial charge in [0.1, 0.15) is 18.2 Å². The molecule has 28 heavy (non-hydrogen) atoms. The predicted molar refractivity (Wildman–Crippen MR) is 100 cm³/mol. The van der Waals surface area contributed by atoms with Crippen LogP contribution in [0, 0.1) is 26.6 Å². The van der Waals surface area contributed by atoms with E-state index in [1.165, 1.54) is 19.9 Å². The van der Waals surface area contributed by atoms with Crippen LogP contribution < -0.4 is 9.46 Å². The van der Waals surface area contributed by atoms with Crippen LogP contribution in [-0.2, 0) is 10.0 Å². The zero-order valence-electron chi connectivity index (χ0n) is 15.2. The molecule has 0 aliphatic carbocycles. The van der Waals surface area contributed by atoms with Gasteiger partial charge in [-0.1, -0.05) is 17.7 Å². The molecule has 1 atom stereocenters. The Bertz CT molecular complexity index is 954. The molecule has 0 saturated heterocycles. The average molecular weight is 484 g/mol. The maximum absolute atomic E-state index is 13.4. The molecule has 0 amide bonds. The van der Waals surface area contributed by atoms with Gasteiger partial charge >= 0.3 is 6.18 Å². The van der Waals surface area contributed by atoms with Gasteiger partial charge in [0.25, 0.3) is 0 Å². The summed E-state index contributed by atoms with van der Waals surface area (Å²) in [6, 6.07) is 3.91. The molecule has 0 aromatic heterocycles. The van der Waals surface area contributed by atoms with Crippen molar-refractivity contribution in [3.8, 4) is 5.75 Å². The van der Waals surface area contributed by atoms with Gasteiger partial charge in [-0.15, -0.1) is 0 Å². The fourth-order valence-corrected chi connectivity index (χ4v) is 4.81. The number of hydrogen-bond acceptors (Lipinski definition) is 3. The summed E-state index contributed by atoms with van der Waals surface area (Å²) in [4.78, 5) is -0.209. The fraction of sp³-hybridized carbons (Fsp3) is 0.333. The molecule has 0 aliphatic heterocycles. The summed E-state index contributed by atoms with van der Waals surface area (Å²) < 4.78 is 85.8. The zero-order chi connectivity index (χ0) is 21.3. The van der Waals surface area contributed by atoms with Crippen molar-refractivity contribution in [1.29, 1.82) is 0 Å². The first-order valence-electron chi connectivity index (χ1n) is 8.06. The third kappa shape index (κ3) is 5.45. The van der Waals surface area contributed by atoms with Gasteiger partial charge in [0, 0.05) is 6.07 Å². The van der Waals surface area contributed by atoms with Crippen LogP contribution in [0.15, 0.2) is 39.7 Å². The van der Waals surface area contributed by atoms with Crippen molar-refractivity contribution in [3.63, 3.8) is 0 Å². The quantitative estimate of drug-likeness (QED) is 0.600. The van der Waals surface area contributed by atoms with Gasteiger partial charge in [0.05, 0.1) is 9.37 Å². The van der Waals surface area contributed by atoms with Crippen LogP contribution in [-0.4, -0.2) is 27.2 Å². The van der Waals surface area contributed by atoms with E-state index in [4.69, 9.17) is 4.74 Å². The molecule has 2 rings (SSSR count). The van der Waals surface area contributed by atoms with Crippen molar-refractivity contribution in [2.24, 2.45) is 0 Å². The number of nitrogens with one attached hydrogen (secondary N) is 1. The number of sulfonamides is 1. The second-order valence-corrected chi connectivity index (χ2v) is 8.83. The normalized spacial score (nSPS) is 13.4. The summed E-state index contributed by atoms with van der Waals surface area (Å²) in [7, 11) is -4.48. The molecule has 1 unspecified atom stereocenters. The first-order chi connectivity index (χ1) is 12.8. The van der Waals surface area contributed by atoms with E-state index in [-0.39, 0.29) is 15.1 Å². The number of hydrogen-bond donors (Lipinski definition) is 1. The Balaban J connectivity index is 2.31. The van der Waals surface area contributed by atoms with Gasteiger partial charge in [-0.05, 0) is 60.0 Å². The molecular formula is C18H18BrF4NO3S. The monoisotopic (exact) mass is 483 g/mol. The smallest absolute Gasteiger partial charge is 0.408 e. The highest BCUT2D eigenvalue weighted by molar-refractivity contribution is 9.10. The molecule has 0 heterocycles. The molecule has 0 saturated carbocycles. The minimum Gasteiger partial charge on any atom is -0.490 e. The minimum absolute atomic E-state index is 0.170. The third-order valence-electron chi connectivity index (χ3n) is 3.86. The summed E-state index contributed by atoms with van der Waals surface area (Å²) in [6.45, 7) is 3.72. The lowest BCUT2D eigenvalue weighted by Gasteiger charge is -2.23. The number of ether oxygens (including phenoxy) is 1. The molecule has 0 radical (unpaired) electrons. The fourth-order valence-electron chi connectivity index (χ4n) is 2.79. The maximum atomic E-state index is 13.4. The van der Waals surface area contributed by atoms with Crippen molar-refractivity contribution in [3.05, 3.63) is 57.3 Å². The first-order valence-corrected chi connectivity index (χ1v) is 10.3. The molecule has 2 aromatic rings. The van der Waals surface area contributed by atoms with Crippen molar-refractivity contribution in [2.75, 3.05) is 6.61 Å². The SMILES string of the molecule is Cc1cc(C)c(S(=O)(=O)NC(COc2cc(F)ccc2Br)C(F)(F)F)c(C)c1. The Kier molecular flexibility index (Phi) is 6.78. The Hall–Kier alpha value is -1.65. The Labute approximate surface area is 169 Å². The van der Waals surface area contributed by atoms with Crippen molar-refractivity contribution >= 4 is 26.0 Å². The minimum atomic E-state index is -4.92. The molecule has 154 valence electrons. The van der Waals surface area contributed by atoms with Gasteiger partial charge in [-0.3, -0.25) is 0 Å². The Morgan fingerprint density at radius 3 is 2.21 bits per heavy atom. The van der Waals surface area contributed by atoms with Crippen LogP contribution in [0.1, 0.15) is 16.7 Å². The molecule has 0 fully saturated rings. The van der Waals surface area contributed by atoms with E-state index in [2.05, 4.69) is 15.9 Å². The van der Waals surface area contributed by atoms with Crippen molar-refractivity contribution in [2.45, 2.75) is 37.9 Å². The largest absolute Gasteiger partial charge is 0.490 e. The van der Waals surface area contributed by atoms with E-state index in [0.717, 1.165) is 17.7 Å². The van der Waals surface area contributed by atoms with E-state index in [9.17, 15) is 26.0 Å². The van der Waals surface area contributed by atoms with Gasteiger partial charge in [0.2, 0.25) is 10.0 Å². The molecule has 4 nitrogen and oxygen atoms in total. The number of alkyl halides is 3. The number of rotatable bonds is 6. The van der Waals surface area contributed by atoms with Crippen LogP contribution >= 0.6 is 15.9 Å². The highest BCUT2D eigenvalue weighted by Gasteiger charge is 2.43. The molecule has 0 spiro atoms. The summed E-state index contributed by atoms with van der Waals surface area (Å²) >= 11 is 3.04. The van der Waals surface area contributed by atoms with Crippen LogP contribution in [0.4, 0.5) is 17.6 Å². The van der Waals surface area contributed by atoms with Gasteiger partial charge < -0.3 is 4.74 Å². The van der Waals surface area contributed by atoms with Crippen LogP contribution in [0.25, 0.3) is 0 Å². The highest BCUT2D eigenvalue weighted by Crippen LogP contribution is 2.29. The Morgan fingerprint density at radius 1 is 1.11 bits per heavy atom. The maximum Gasteiger partial charge on any atom is 0.408 e. The molecule has 0 bridgehead atoms. The number of aryl methyl sites for hydroxylation is 3. The molecule has 1 N–H and O–H groups in total. The van der Waals surface area contributed by atoms with Crippen LogP contribution in [0.2, 0.25) is 0 Å². The van der Waals surface area contributed by atoms with E-state index >= 15 is 0 Å². The third-order valence-corrected chi connectivity index (χ3v) is 6.30. The standard InChI is InChI=1S/C18H18BrF4NO3S/c1-10-6-11(2)17(12(3)7-10)28(25,26)24-16(18(21,22)23)9-27-15-8-13(20)4-5-14(15)19/h4-8,16,24H,9H2,1-3H3. The molecule has 10 heteroatoms. The van der Waals surface area contributed by atoms with E-state index in [0.29, 0.717) is 11.1 Å². The highest BCUT2D eigenvalue weighted by atomic mass is 79.9. The lowest BCUT2D eigenvalue weighted by molar-refractivity contribution is -0.157. The lowest BCUT2D eigenvalue weighted by Crippen LogP contribution is -2.49. The zero-order valence-corrected chi connectivity index (χ0v) is 17.6. The molecular weight excluding hydrogens is 466 g/mol. The lowest BCUT2D eigenvalue weighted by atomic mass is 10.1. The van der Waals surface area contributed by atoms with Crippen LogP contribution in [0.5, 0.6) is 5.75 Å². The average Bonchev–Trinajstić information content (AvgIpc) is 2.51. The van der Waals surface area contributed by atoms with Crippen molar-refractivity contribution in [1.82, 2.24) is 4.72 Å². The summed E-state index contributed by atoms with van der Waals surface area (Å²) in [6.07, 6.45) is -4.92. The Morgan fingerprint density at radius 2 is 1.68 bits per heavy atom. The second-order valence-electron chi connectivity index (χ2n) is 6.33. The van der Waals surface area contributed by atoms with Gasteiger partial charge in [-0.2, -0.15) is 17.9 Å². The number of benzene rings is 2. The van der Waals surface area contributed by atoms with E-state index < -0.39 is 34.7 Å². The summed E-state index contributed by atoms with van der Waals surface area (Å²) in [5.74, 6) is -0.871. The van der Waals surface area contributed by atoms with Gasteiger partial charge in [-0.25, -0.2) is 12.8 Å². The second kappa shape index (κ2) is 8.38. The van der Waals surface area contributed by atoms with Gasteiger partial charge in [0.15, 0.2) is 6.04 Å². The summed E-state index contributed by atoms with van der Waals surface area (Å²) in [5.41, 5.74) is 1.46. The topological polar surface area (TPSA) is 55.4 Å². The van der Waals surface area contributed by atoms with Crippen LogP contribution in [0.3, 0.4) is 0 Å². The van der Waals surface area contributed by atoms with Crippen molar-refractivity contribution < 1.29 is 30.7 Å². The van der Waals surface area contributed by atoms with E-state index in [1.54, 1.807) is 23.8 Å². The molecule has 0 aliphatic rings. The predicted octanol–water partition coefficient (Wildman–Crippen LogP) is 4.80. The summed E-state index contributed by atoms with van der Waals surface area (Å²) in [5, 5.41) is 0. The van der Waals surface area contributed by atoms with E-state index in [1.807, 2.05) is 0 Å². The first kappa shape index (κ1) is 22.6. The molecule has 2 aromatic carbocycles. The number of halogens is 5.